The summed E-state index contributed by atoms with van der Waals surface area (Å²) in [6, 6.07) is 0.980. The maximum absolute atomic E-state index is 12.0. The minimum absolute atomic E-state index is 0.0834. The van der Waals surface area contributed by atoms with Gasteiger partial charge < -0.3 is 4.52 Å². The molecule has 20 heavy (non-hydrogen) atoms. The van der Waals surface area contributed by atoms with Crippen LogP contribution in [-0.4, -0.2) is 25.2 Å². The van der Waals surface area contributed by atoms with Crippen molar-refractivity contribution in [1.29, 1.82) is 0 Å². The van der Waals surface area contributed by atoms with Gasteiger partial charge in [-0.2, -0.15) is 4.98 Å². The van der Waals surface area contributed by atoms with Gasteiger partial charge in [-0.1, -0.05) is 12.1 Å². The number of nitrogens with one attached hydrogen (secondary N) is 1. The molecular weight excluding hydrogens is 266 g/mol. The lowest BCUT2D eigenvalue weighted by molar-refractivity contribution is 0.101. The molecule has 2 rings (SSSR count). The van der Waals surface area contributed by atoms with E-state index in [1.54, 1.807) is 0 Å². The molecule has 0 aliphatic heterocycles. The van der Waals surface area contributed by atoms with Crippen molar-refractivity contribution in [2.75, 3.05) is 5.32 Å². The van der Waals surface area contributed by atoms with E-state index >= 15 is 0 Å². The fourth-order valence-corrected chi connectivity index (χ4v) is 1.56. The Kier molecular flexibility index (Phi) is 3.51. The lowest BCUT2D eigenvalue weighted by Crippen LogP contribution is -2.40. The minimum Gasteiger partial charge on any atom is -0.315 e. The van der Waals surface area contributed by atoms with Crippen molar-refractivity contribution in [3.05, 3.63) is 38.4 Å². The molecule has 0 aromatic carbocycles. The predicted molar refractivity (Wildman–Crippen MR) is 68.6 cm³/mol. The number of carbonyl (C=O) groups is 1. The molecule has 0 saturated carbocycles. The number of rotatable bonds is 3. The molecule has 0 unspecified atom stereocenters. The second kappa shape index (κ2) is 5.11. The first-order valence-corrected chi connectivity index (χ1v) is 5.85. The number of carbonyl (C=O) groups excluding carboxylic acids is 1. The van der Waals surface area contributed by atoms with E-state index in [9.17, 15) is 14.4 Å². The Hall–Kier alpha value is -2.71. The number of aryl methyl sites for hydroxylation is 1. The molecule has 9 nitrogen and oxygen atoms in total. The summed E-state index contributed by atoms with van der Waals surface area (Å²) in [6.45, 7) is 1.83. The molecule has 0 aliphatic rings. The van der Waals surface area contributed by atoms with Crippen molar-refractivity contribution < 1.29 is 9.32 Å². The molecule has 0 saturated heterocycles. The van der Waals surface area contributed by atoms with E-state index in [0.717, 1.165) is 15.2 Å². The zero-order chi connectivity index (χ0) is 14.9. The van der Waals surface area contributed by atoms with Crippen molar-refractivity contribution in [2.45, 2.75) is 13.3 Å². The highest BCUT2D eigenvalue weighted by molar-refractivity contribution is 6.01. The van der Waals surface area contributed by atoms with E-state index < -0.39 is 17.2 Å². The zero-order valence-corrected chi connectivity index (χ0v) is 11.2. The number of aromatic nitrogens is 4. The fourth-order valence-electron chi connectivity index (χ4n) is 1.56. The smallest absolute Gasteiger partial charge is 0.315 e. The lowest BCUT2D eigenvalue weighted by atomic mass is 10.3. The number of hydrogen-bond donors (Lipinski definition) is 1. The van der Waals surface area contributed by atoms with Crippen molar-refractivity contribution >= 4 is 11.9 Å². The van der Waals surface area contributed by atoms with Crippen LogP contribution in [0.4, 0.5) is 6.01 Å². The SMILES string of the molecule is CCc1noc(NC(=O)c2cc(=O)n(C)c(=O)n2C)n1. The molecule has 0 radical (unpaired) electrons. The molecule has 106 valence electrons. The molecule has 0 spiro atoms. The van der Waals surface area contributed by atoms with Crippen LogP contribution in [-0.2, 0) is 20.5 Å². The monoisotopic (exact) mass is 279 g/mol. The second-order valence-corrected chi connectivity index (χ2v) is 4.09. The molecule has 0 aliphatic carbocycles. The normalized spacial score (nSPS) is 10.6. The fraction of sp³-hybridized carbons (Fsp3) is 0.364. The standard InChI is InChI=1S/C11H13N5O4/c1-4-7-12-10(20-14-7)13-9(18)6-5-8(17)16(3)11(19)15(6)2/h5H,4H2,1-3H3,(H,12,13,14,18). The number of hydrogen-bond acceptors (Lipinski definition) is 6. The third-order valence-corrected chi connectivity index (χ3v) is 2.76. The summed E-state index contributed by atoms with van der Waals surface area (Å²) in [6.07, 6.45) is 0.559. The van der Waals surface area contributed by atoms with Gasteiger partial charge in [-0.25, -0.2) is 4.79 Å². The highest BCUT2D eigenvalue weighted by Gasteiger charge is 2.16. The zero-order valence-electron chi connectivity index (χ0n) is 11.2. The Labute approximate surface area is 112 Å². The van der Waals surface area contributed by atoms with Crippen LogP contribution in [0.1, 0.15) is 23.2 Å². The van der Waals surface area contributed by atoms with Gasteiger partial charge in [0.15, 0.2) is 5.82 Å². The van der Waals surface area contributed by atoms with E-state index in [2.05, 4.69) is 15.5 Å². The van der Waals surface area contributed by atoms with E-state index in [-0.39, 0.29) is 11.7 Å². The van der Waals surface area contributed by atoms with E-state index in [0.29, 0.717) is 12.2 Å². The van der Waals surface area contributed by atoms with Gasteiger partial charge in [0.2, 0.25) is 0 Å². The Morgan fingerprint density at radius 2 is 2.05 bits per heavy atom. The van der Waals surface area contributed by atoms with Crippen LogP contribution in [0.25, 0.3) is 0 Å². The van der Waals surface area contributed by atoms with Gasteiger partial charge in [-0.3, -0.25) is 24.0 Å². The molecule has 9 heteroatoms. The molecule has 2 aromatic heterocycles. The van der Waals surface area contributed by atoms with E-state index in [4.69, 9.17) is 4.52 Å². The number of anilines is 1. The van der Waals surface area contributed by atoms with Crippen LogP contribution >= 0.6 is 0 Å². The Balaban J connectivity index is 2.35. The van der Waals surface area contributed by atoms with Crippen molar-refractivity contribution in [2.24, 2.45) is 14.1 Å². The summed E-state index contributed by atoms with van der Waals surface area (Å²) >= 11 is 0. The Morgan fingerprint density at radius 1 is 1.35 bits per heavy atom. The maximum atomic E-state index is 12.0. The Bertz CT molecular complexity index is 770. The van der Waals surface area contributed by atoms with E-state index in [1.807, 2.05) is 6.92 Å². The van der Waals surface area contributed by atoms with Crippen LogP contribution in [0.2, 0.25) is 0 Å². The highest BCUT2D eigenvalue weighted by Crippen LogP contribution is 2.05. The van der Waals surface area contributed by atoms with Crippen molar-refractivity contribution in [3.63, 3.8) is 0 Å². The van der Waals surface area contributed by atoms with Crippen LogP contribution in [0.3, 0.4) is 0 Å². The molecule has 1 N–H and O–H groups in total. The Morgan fingerprint density at radius 3 is 2.65 bits per heavy atom. The minimum atomic E-state index is -0.673. The average Bonchev–Trinajstić information content (AvgIpc) is 2.88. The van der Waals surface area contributed by atoms with Gasteiger partial charge in [0.05, 0.1) is 0 Å². The summed E-state index contributed by atoms with van der Waals surface area (Å²) in [5.41, 5.74) is -1.25. The summed E-state index contributed by atoms with van der Waals surface area (Å²) in [7, 11) is 2.72. The van der Waals surface area contributed by atoms with E-state index in [1.165, 1.54) is 14.1 Å². The lowest BCUT2D eigenvalue weighted by Gasteiger charge is -2.07. The topological polar surface area (TPSA) is 112 Å². The third-order valence-electron chi connectivity index (χ3n) is 2.76. The quantitative estimate of drug-likeness (QED) is 0.793. The van der Waals surface area contributed by atoms with Crippen LogP contribution in [0.5, 0.6) is 0 Å². The van der Waals surface area contributed by atoms with Gasteiger partial charge in [0.25, 0.3) is 11.5 Å². The molecule has 0 fully saturated rings. The van der Waals surface area contributed by atoms with Gasteiger partial charge in [-0.15, -0.1) is 0 Å². The first kappa shape index (κ1) is 13.7. The number of amides is 1. The molecular formula is C11H13N5O4. The summed E-state index contributed by atoms with van der Waals surface area (Å²) in [5, 5.41) is 5.96. The molecule has 2 heterocycles. The largest absolute Gasteiger partial charge is 0.331 e. The first-order valence-electron chi connectivity index (χ1n) is 5.85. The maximum Gasteiger partial charge on any atom is 0.331 e. The highest BCUT2D eigenvalue weighted by atomic mass is 16.5. The first-order chi connectivity index (χ1) is 9.43. The predicted octanol–water partition coefficient (Wildman–Crippen LogP) is -0.718. The van der Waals surface area contributed by atoms with Crippen LogP contribution in [0.15, 0.2) is 20.2 Å². The van der Waals surface area contributed by atoms with Crippen LogP contribution < -0.4 is 16.6 Å². The molecule has 1 amide bonds. The second-order valence-electron chi connectivity index (χ2n) is 4.09. The van der Waals surface area contributed by atoms with Gasteiger partial charge in [-0.05, 0) is 0 Å². The number of nitrogens with zero attached hydrogens (tertiary/aromatic N) is 4. The van der Waals surface area contributed by atoms with Crippen molar-refractivity contribution in [3.8, 4) is 0 Å². The molecule has 2 aromatic rings. The summed E-state index contributed by atoms with van der Waals surface area (Å²) < 4.78 is 6.77. The molecule has 0 atom stereocenters. The van der Waals surface area contributed by atoms with Crippen molar-refractivity contribution in [1.82, 2.24) is 19.3 Å². The van der Waals surface area contributed by atoms with Gasteiger partial charge in [0.1, 0.15) is 5.69 Å². The summed E-state index contributed by atoms with van der Waals surface area (Å²) in [4.78, 5) is 39.2. The van der Waals surface area contributed by atoms with Crippen LogP contribution in [0, 0.1) is 0 Å². The average molecular weight is 279 g/mol. The molecule has 0 bridgehead atoms. The third kappa shape index (κ3) is 2.37. The van der Waals surface area contributed by atoms with Gasteiger partial charge in [0, 0.05) is 26.6 Å². The summed E-state index contributed by atoms with van der Waals surface area (Å²) in [5.74, 6) is -0.230. The van der Waals surface area contributed by atoms with Gasteiger partial charge >= 0.3 is 11.7 Å².